The minimum Gasteiger partial charge on any atom is -0.313 e. The van der Waals surface area contributed by atoms with Gasteiger partial charge in [-0.3, -0.25) is 0 Å². The Balaban J connectivity index is 2.15. The summed E-state index contributed by atoms with van der Waals surface area (Å²) in [4.78, 5) is 0. The van der Waals surface area contributed by atoms with Crippen molar-refractivity contribution in [3.05, 3.63) is 57.6 Å². The third-order valence-corrected chi connectivity index (χ3v) is 5.22. The quantitative estimate of drug-likeness (QED) is 0.833. The zero-order valence-corrected chi connectivity index (χ0v) is 13.8. The average Bonchev–Trinajstić information content (AvgIpc) is 2.88. The molecule has 0 spiro atoms. The number of rotatable bonds is 2. The summed E-state index contributed by atoms with van der Waals surface area (Å²) < 4.78 is 0. The fourth-order valence-corrected chi connectivity index (χ4v) is 3.72. The summed E-state index contributed by atoms with van der Waals surface area (Å²) >= 11 is 0. The number of hydrogen-bond acceptors (Lipinski definition) is 1. The number of aryl methyl sites for hydroxylation is 3. The smallest absolute Gasteiger partial charge is 0.0323 e. The number of nitrogens with one attached hydrogen (secondary N) is 1. The van der Waals surface area contributed by atoms with E-state index in [1.807, 2.05) is 0 Å². The molecule has 0 aliphatic heterocycles. The molecule has 0 aromatic heterocycles. The molecule has 3 rings (SSSR count). The van der Waals surface area contributed by atoms with Gasteiger partial charge in [0.15, 0.2) is 0 Å². The maximum absolute atomic E-state index is 3.42. The standard InChI is InChI=1S/C20H25N/c1-12-10-13(2)15(4)20(14(12)3)17-6-8-18-16(11-17)7-9-19(18)21-5/h6,8,10-11,19,21H,7,9H2,1-5H3. The molecule has 1 aliphatic carbocycles. The molecular formula is C20H25N. The summed E-state index contributed by atoms with van der Waals surface area (Å²) in [5.41, 5.74) is 11.4. The second-order valence-corrected chi connectivity index (χ2v) is 6.43. The van der Waals surface area contributed by atoms with Gasteiger partial charge in [-0.25, -0.2) is 0 Å². The van der Waals surface area contributed by atoms with Crippen molar-refractivity contribution in [2.24, 2.45) is 0 Å². The lowest BCUT2D eigenvalue weighted by Crippen LogP contribution is -2.12. The van der Waals surface area contributed by atoms with Gasteiger partial charge in [0, 0.05) is 6.04 Å². The van der Waals surface area contributed by atoms with Crippen LogP contribution in [-0.2, 0) is 6.42 Å². The molecule has 0 amide bonds. The summed E-state index contributed by atoms with van der Waals surface area (Å²) in [7, 11) is 2.06. The summed E-state index contributed by atoms with van der Waals surface area (Å²) in [5.74, 6) is 0. The van der Waals surface area contributed by atoms with E-state index in [1.54, 1.807) is 0 Å². The Morgan fingerprint density at radius 2 is 1.62 bits per heavy atom. The normalized spacial score (nSPS) is 17.1. The second-order valence-electron chi connectivity index (χ2n) is 6.43. The van der Waals surface area contributed by atoms with E-state index in [2.05, 4.69) is 64.3 Å². The molecule has 0 radical (unpaired) electrons. The molecule has 0 saturated carbocycles. The third kappa shape index (κ3) is 2.30. The molecule has 110 valence electrons. The lowest BCUT2D eigenvalue weighted by molar-refractivity contribution is 0.590. The van der Waals surface area contributed by atoms with Crippen LogP contribution in [0.4, 0.5) is 0 Å². The van der Waals surface area contributed by atoms with Crippen LogP contribution in [-0.4, -0.2) is 7.05 Å². The van der Waals surface area contributed by atoms with Crippen LogP contribution in [0.15, 0.2) is 24.3 Å². The van der Waals surface area contributed by atoms with Crippen molar-refractivity contribution >= 4 is 0 Å². The molecule has 21 heavy (non-hydrogen) atoms. The van der Waals surface area contributed by atoms with E-state index in [-0.39, 0.29) is 0 Å². The first kappa shape index (κ1) is 14.3. The summed E-state index contributed by atoms with van der Waals surface area (Å²) in [6.45, 7) is 8.94. The molecular weight excluding hydrogens is 254 g/mol. The third-order valence-electron chi connectivity index (χ3n) is 5.22. The Kier molecular flexibility index (Phi) is 3.62. The molecule has 1 atom stereocenters. The van der Waals surface area contributed by atoms with E-state index in [4.69, 9.17) is 0 Å². The van der Waals surface area contributed by atoms with E-state index < -0.39 is 0 Å². The van der Waals surface area contributed by atoms with Crippen molar-refractivity contribution in [2.75, 3.05) is 7.05 Å². The van der Waals surface area contributed by atoms with Crippen LogP contribution < -0.4 is 5.32 Å². The molecule has 0 heterocycles. The molecule has 2 aromatic rings. The van der Waals surface area contributed by atoms with Crippen LogP contribution >= 0.6 is 0 Å². The van der Waals surface area contributed by atoms with E-state index in [9.17, 15) is 0 Å². The zero-order valence-electron chi connectivity index (χ0n) is 13.8. The predicted molar refractivity (Wildman–Crippen MR) is 90.9 cm³/mol. The lowest BCUT2D eigenvalue weighted by atomic mass is 9.88. The number of hydrogen-bond donors (Lipinski definition) is 1. The molecule has 1 unspecified atom stereocenters. The van der Waals surface area contributed by atoms with Crippen molar-refractivity contribution in [2.45, 2.75) is 46.6 Å². The van der Waals surface area contributed by atoms with Crippen molar-refractivity contribution in [1.82, 2.24) is 5.32 Å². The van der Waals surface area contributed by atoms with Crippen LogP contribution in [0, 0.1) is 27.7 Å². The number of fused-ring (bicyclic) bond motifs is 1. The molecule has 0 bridgehead atoms. The minimum absolute atomic E-state index is 0.537. The Bertz CT molecular complexity index is 671. The zero-order chi connectivity index (χ0) is 15.1. The SMILES string of the molecule is CNC1CCc2cc(-c3c(C)c(C)cc(C)c3C)ccc21. The molecule has 2 aromatic carbocycles. The van der Waals surface area contributed by atoms with Gasteiger partial charge in [0.1, 0.15) is 0 Å². The Morgan fingerprint density at radius 1 is 0.952 bits per heavy atom. The predicted octanol–water partition coefficient (Wildman–Crippen LogP) is 4.79. The van der Waals surface area contributed by atoms with Gasteiger partial charge in [-0.2, -0.15) is 0 Å². The van der Waals surface area contributed by atoms with Crippen LogP contribution in [0.25, 0.3) is 11.1 Å². The first-order valence-corrected chi connectivity index (χ1v) is 7.90. The summed E-state index contributed by atoms with van der Waals surface area (Å²) in [6, 6.07) is 9.90. The molecule has 1 N–H and O–H groups in total. The Hall–Kier alpha value is -1.60. The van der Waals surface area contributed by atoms with Crippen molar-refractivity contribution < 1.29 is 0 Å². The van der Waals surface area contributed by atoms with Gasteiger partial charge in [0.25, 0.3) is 0 Å². The van der Waals surface area contributed by atoms with Crippen molar-refractivity contribution in [3.8, 4) is 11.1 Å². The van der Waals surface area contributed by atoms with Gasteiger partial charge in [-0.15, -0.1) is 0 Å². The second kappa shape index (κ2) is 5.31. The first-order chi connectivity index (χ1) is 10.0. The molecule has 1 nitrogen and oxygen atoms in total. The maximum atomic E-state index is 3.42. The van der Waals surface area contributed by atoms with E-state index in [0.717, 1.165) is 0 Å². The lowest BCUT2D eigenvalue weighted by Gasteiger charge is -2.17. The topological polar surface area (TPSA) is 12.0 Å². The highest BCUT2D eigenvalue weighted by Gasteiger charge is 2.21. The summed E-state index contributed by atoms with van der Waals surface area (Å²) in [6.07, 6.45) is 2.41. The van der Waals surface area contributed by atoms with Crippen LogP contribution in [0.1, 0.15) is 45.8 Å². The highest BCUT2D eigenvalue weighted by molar-refractivity contribution is 5.74. The van der Waals surface area contributed by atoms with Crippen molar-refractivity contribution in [1.29, 1.82) is 0 Å². The monoisotopic (exact) mass is 279 g/mol. The maximum Gasteiger partial charge on any atom is 0.0323 e. The van der Waals surface area contributed by atoms with Gasteiger partial charge in [-0.05, 0) is 92.1 Å². The Morgan fingerprint density at radius 3 is 2.24 bits per heavy atom. The van der Waals surface area contributed by atoms with E-state index in [1.165, 1.54) is 57.3 Å². The van der Waals surface area contributed by atoms with Gasteiger partial charge in [-0.1, -0.05) is 24.3 Å². The summed E-state index contributed by atoms with van der Waals surface area (Å²) in [5, 5.41) is 3.42. The number of benzene rings is 2. The highest BCUT2D eigenvalue weighted by atomic mass is 14.9. The van der Waals surface area contributed by atoms with E-state index in [0.29, 0.717) is 6.04 Å². The minimum atomic E-state index is 0.537. The van der Waals surface area contributed by atoms with Crippen LogP contribution in [0.5, 0.6) is 0 Å². The van der Waals surface area contributed by atoms with Crippen molar-refractivity contribution in [3.63, 3.8) is 0 Å². The fourth-order valence-electron chi connectivity index (χ4n) is 3.72. The molecule has 1 aliphatic rings. The van der Waals surface area contributed by atoms with E-state index >= 15 is 0 Å². The fraction of sp³-hybridized carbons (Fsp3) is 0.400. The van der Waals surface area contributed by atoms with Gasteiger partial charge in [0.2, 0.25) is 0 Å². The molecule has 0 fully saturated rings. The highest BCUT2D eigenvalue weighted by Crippen LogP contribution is 2.37. The van der Waals surface area contributed by atoms with Gasteiger partial charge in [0.05, 0.1) is 0 Å². The van der Waals surface area contributed by atoms with Crippen LogP contribution in [0.2, 0.25) is 0 Å². The molecule has 0 saturated heterocycles. The van der Waals surface area contributed by atoms with Gasteiger partial charge < -0.3 is 5.32 Å². The largest absolute Gasteiger partial charge is 0.313 e. The molecule has 1 heteroatoms. The average molecular weight is 279 g/mol. The van der Waals surface area contributed by atoms with Crippen LogP contribution in [0.3, 0.4) is 0 Å². The first-order valence-electron chi connectivity index (χ1n) is 7.90. The van der Waals surface area contributed by atoms with Gasteiger partial charge >= 0.3 is 0 Å². The Labute approximate surface area is 128 Å².